The first-order valence-electron chi connectivity index (χ1n) is 13.0. The van der Waals surface area contributed by atoms with Gasteiger partial charge in [-0.2, -0.15) is 18.2 Å². The maximum Gasteiger partial charge on any atom is 0.419 e. The molecule has 0 spiro atoms. The number of hydrogen-bond donors (Lipinski definition) is 1. The zero-order valence-corrected chi connectivity index (χ0v) is 25.7. The summed E-state index contributed by atoms with van der Waals surface area (Å²) >= 11 is 2.08. The second kappa shape index (κ2) is 13.2. The summed E-state index contributed by atoms with van der Waals surface area (Å²) in [6, 6.07) is 2.42. The first kappa shape index (κ1) is 33.3. The summed E-state index contributed by atoms with van der Waals surface area (Å²) in [5, 5.41) is 6.43. The van der Waals surface area contributed by atoms with Crippen molar-refractivity contribution in [1.29, 1.82) is 0 Å². The van der Waals surface area contributed by atoms with Gasteiger partial charge in [-0.15, -0.1) is 35.1 Å². The molecule has 1 aliphatic rings. The van der Waals surface area contributed by atoms with Gasteiger partial charge in [0.25, 0.3) is 11.5 Å². The molecular weight excluding hydrogens is 650 g/mol. The normalized spacial score (nSPS) is 14.5. The molecule has 1 saturated heterocycles. The number of hydrogen-bond acceptors (Lipinski definition) is 8. The molecule has 236 valence electrons. The number of nitrogens with one attached hydrogen (secondary N) is 1. The Kier molecular flexibility index (Phi) is 9.97. The van der Waals surface area contributed by atoms with Crippen LogP contribution in [0.3, 0.4) is 0 Å². The molecule has 1 fully saturated rings. The number of aromatic nitrogens is 3. The lowest BCUT2D eigenvalue weighted by atomic mass is 9.99. The molecule has 1 amide bonds. The van der Waals surface area contributed by atoms with E-state index in [0.717, 1.165) is 39.4 Å². The Bertz CT molecular complexity index is 1920. The van der Waals surface area contributed by atoms with Crippen LogP contribution in [0.25, 0.3) is 21.5 Å². The fourth-order valence-corrected chi connectivity index (χ4v) is 6.79. The average molecular weight is 676 g/mol. The third kappa shape index (κ3) is 6.57. The number of piperidine rings is 1. The molecule has 0 unspecified atom stereocenters. The second-order valence-corrected chi connectivity index (χ2v) is 11.7. The first-order valence-corrected chi connectivity index (χ1v) is 14.8. The number of carbonyl (C=O) groups is 2. The quantitative estimate of drug-likeness (QED) is 0.247. The molecule has 3 aromatic heterocycles. The average Bonchev–Trinajstić information content (AvgIpc) is 3.57. The van der Waals surface area contributed by atoms with Crippen LogP contribution in [0.1, 0.15) is 24.0 Å². The van der Waals surface area contributed by atoms with E-state index in [1.165, 1.54) is 28.6 Å². The smallest absolute Gasteiger partial charge is 0.419 e. The Morgan fingerprint density at radius 3 is 2.45 bits per heavy atom. The number of rotatable bonds is 6. The van der Waals surface area contributed by atoms with Gasteiger partial charge in [0.15, 0.2) is 11.5 Å². The van der Waals surface area contributed by atoms with Crippen molar-refractivity contribution in [2.45, 2.75) is 32.2 Å². The molecule has 4 aromatic rings. The first-order chi connectivity index (χ1) is 20.4. The SMILES string of the molecule is Cl.Cn1c(=O)c2c(CC(=O)/N=c3\scc(-c4ccc(C(F)(F)F)c(F)c4)n3COC(=O)C3CCNCC3)csc2n(C)c1=O. The lowest BCUT2D eigenvalue weighted by Gasteiger charge is -2.21. The van der Waals surface area contributed by atoms with Crippen LogP contribution in [0.2, 0.25) is 0 Å². The topological polar surface area (TPSA) is 117 Å². The summed E-state index contributed by atoms with van der Waals surface area (Å²) in [6.45, 7) is 0.872. The van der Waals surface area contributed by atoms with Gasteiger partial charge in [-0.3, -0.25) is 28.1 Å². The van der Waals surface area contributed by atoms with Crippen molar-refractivity contribution in [2.24, 2.45) is 25.0 Å². The van der Waals surface area contributed by atoms with E-state index < -0.39 is 47.4 Å². The van der Waals surface area contributed by atoms with Crippen LogP contribution >= 0.6 is 35.1 Å². The summed E-state index contributed by atoms with van der Waals surface area (Å²) in [6.07, 6.45) is -4.03. The van der Waals surface area contributed by atoms with E-state index in [1.54, 1.807) is 5.38 Å². The minimum Gasteiger partial charge on any atom is -0.444 e. The van der Waals surface area contributed by atoms with E-state index in [0.29, 0.717) is 42.4 Å². The molecule has 44 heavy (non-hydrogen) atoms. The summed E-state index contributed by atoms with van der Waals surface area (Å²) in [7, 11) is 2.85. The fourth-order valence-electron chi connectivity index (χ4n) is 4.85. The number of benzene rings is 1. The van der Waals surface area contributed by atoms with Gasteiger partial charge in [-0.05, 0) is 49.0 Å². The van der Waals surface area contributed by atoms with Crippen molar-refractivity contribution in [3.05, 3.63) is 71.5 Å². The number of esters is 1. The largest absolute Gasteiger partial charge is 0.444 e. The third-order valence-electron chi connectivity index (χ3n) is 7.18. The predicted molar refractivity (Wildman–Crippen MR) is 158 cm³/mol. The highest BCUT2D eigenvalue weighted by Gasteiger charge is 2.34. The zero-order chi connectivity index (χ0) is 31.1. The number of fused-ring (bicyclic) bond motifs is 1. The van der Waals surface area contributed by atoms with Crippen LogP contribution < -0.4 is 21.4 Å². The van der Waals surface area contributed by atoms with Gasteiger partial charge in [0, 0.05) is 25.0 Å². The summed E-state index contributed by atoms with van der Waals surface area (Å²) in [4.78, 5) is 55.5. The molecule has 0 saturated carbocycles. The highest BCUT2D eigenvalue weighted by molar-refractivity contribution is 7.17. The summed E-state index contributed by atoms with van der Waals surface area (Å²) in [5.74, 6) is -2.97. The number of amides is 1. The number of halogens is 5. The number of nitrogens with zero attached hydrogens (tertiary/aromatic N) is 4. The number of thiophene rings is 1. The lowest BCUT2D eigenvalue weighted by molar-refractivity contribution is -0.153. The summed E-state index contributed by atoms with van der Waals surface area (Å²) in [5.41, 5.74) is -1.87. The lowest BCUT2D eigenvalue weighted by Crippen LogP contribution is -2.36. The highest BCUT2D eigenvalue weighted by Crippen LogP contribution is 2.33. The van der Waals surface area contributed by atoms with Crippen LogP contribution in [0.4, 0.5) is 17.6 Å². The van der Waals surface area contributed by atoms with E-state index in [-0.39, 0.29) is 46.2 Å². The van der Waals surface area contributed by atoms with Crippen molar-refractivity contribution in [3.8, 4) is 11.3 Å². The van der Waals surface area contributed by atoms with E-state index >= 15 is 0 Å². The Labute approximate surface area is 260 Å². The molecule has 0 aliphatic carbocycles. The molecule has 0 radical (unpaired) electrons. The van der Waals surface area contributed by atoms with Crippen molar-refractivity contribution >= 4 is 57.2 Å². The molecule has 4 heterocycles. The minimum absolute atomic E-state index is 0. The Morgan fingerprint density at radius 1 is 1.09 bits per heavy atom. The number of ether oxygens (including phenoxy) is 1. The summed E-state index contributed by atoms with van der Waals surface area (Å²) < 4.78 is 63.0. The predicted octanol–water partition coefficient (Wildman–Crippen LogP) is 3.58. The highest BCUT2D eigenvalue weighted by atomic mass is 35.5. The van der Waals surface area contributed by atoms with Gasteiger partial charge in [0.1, 0.15) is 10.6 Å². The van der Waals surface area contributed by atoms with Crippen LogP contribution in [-0.2, 0) is 47.7 Å². The number of alkyl halides is 3. The fraction of sp³-hybridized carbons (Fsp3) is 0.370. The van der Waals surface area contributed by atoms with E-state index in [9.17, 15) is 36.7 Å². The monoisotopic (exact) mass is 675 g/mol. The Balaban J connectivity index is 0.00000442. The van der Waals surface area contributed by atoms with Crippen molar-refractivity contribution in [3.63, 3.8) is 0 Å². The number of thiazole rings is 1. The standard InChI is InChI=1S/C27H25F4N5O5S2.ClH/c1-34-22(38)21-16(11-42-23(21)35(2)26(34)40)10-20(37)33-25-36(13-41-24(39)14-5-7-32-8-6-14)19(12-43-25)15-3-4-17(18(28)9-15)27(29,30)31;/h3-4,9,11-12,14,32H,5-8,10,13H2,1-2H3;1H/b33-25-;. The van der Waals surface area contributed by atoms with Crippen molar-refractivity contribution in [2.75, 3.05) is 13.1 Å². The molecule has 1 aromatic carbocycles. The molecule has 0 atom stereocenters. The molecular formula is C27H26ClF4N5O5S2. The van der Waals surface area contributed by atoms with Gasteiger partial charge in [0.2, 0.25) is 0 Å². The molecule has 0 bridgehead atoms. The zero-order valence-electron chi connectivity index (χ0n) is 23.3. The molecule has 17 heteroatoms. The van der Waals surface area contributed by atoms with Gasteiger partial charge in [-0.25, -0.2) is 9.18 Å². The molecule has 1 N–H and O–H groups in total. The van der Waals surface area contributed by atoms with E-state index in [1.807, 2.05) is 0 Å². The van der Waals surface area contributed by atoms with Crippen LogP contribution in [-0.4, -0.2) is 38.7 Å². The van der Waals surface area contributed by atoms with E-state index in [2.05, 4.69) is 10.3 Å². The van der Waals surface area contributed by atoms with Crippen LogP contribution in [0.5, 0.6) is 0 Å². The number of aryl methyl sites for hydroxylation is 1. The molecule has 5 rings (SSSR count). The van der Waals surface area contributed by atoms with Crippen molar-refractivity contribution in [1.82, 2.24) is 19.0 Å². The van der Waals surface area contributed by atoms with Crippen LogP contribution in [0.15, 0.2) is 43.5 Å². The van der Waals surface area contributed by atoms with Gasteiger partial charge >= 0.3 is 17.8 Å². The Morgan fingerprint density at radius 2 is 1.80 bits per heavy atom. The van der Waals surface area contributed by atoms with Gasteiger partial charge < -0.3 is 10.1 Å². The number of carbonyl (C=O) groups excluding carboxylic acids is 2. The third-order valence-corrected chi connectivity index (χ3v) is 9.15. The second-order valence-electron chi connectivity index (χ2n) is 9.97. The Hall–Kier alpha value is -3.60. The molecule has 1 aliphatic heterocycles. The maximum atomic E-state index is 14.4. The van der Waals surface area contributed by atoms with E-state index in [4.69, 9.17) is 4.74 Å². The van der Waals surface area contributed by atoms with Gasteiger partial charge in [0.05, 0.1) is 29.0 Å². The minimum atomic E-state index is -4.89. The maximum absolute atomic E-state index is 14.4. The van der Waals surface area contributed by atoms with Crippen molar-refractivity contribution < 1.29 is 31.9 Å². The van der Waals surface area contributed by atoms with Gasteiger partial charge in [-0.1, -0.05) is 6.07 Å². The molecule has 10 nitrogen and oxygen atoms in total. The van der Waals surface area contributed by atoms with Crippen LogP contribution in [0, 0.1) is 11.7 Å².